The number of aromatic amines is 1. The molecule has 0 spiro atoms. The number of hydrogen-bond acceptors (Lipinski definition) is 5. The zero-order valence-electron chi connectivity index (χ0n) is 19.2. The fourth-order valence-electron chi connectivity index (χ4n) is 4.66. The summed E-state index contributed by atoms with van der Waals surface area (Å²) in [5, 5.41) is 1.51. The lowest BCUT2D eigenvalue weighted by atomic mass is 9.99. The average molecular weight is 467 g/mol. The van der Waals surface area contributed by atoms with Crippen LogP contribution in [0.15, 0.2) is 67.3 Å². The number of hydrogen-bond donors (Lipinski definition) is 1. The Balaban J connectivity index is 1.42. The standard InChI is InChI=1S/C27H23FN6O/c1-33-9-11-34(12-10-33)27(35)18-6-4-17(5-7-18)24-21(28)15-31-26-25(24)20-13-22(30-16-23(20)32-26)19-3-2-8-29-14-19/h2-8,13-16H,9-12H2,1H3,(H,31,32). The van der Waals surface area contributed by atoms with E-state index >= 15 is 4.39 Å². The van der Waals surface area contributed by atoms with Crippen molar-refractivity contribution in [2.45, 2.75) is 0 Å². The van der Waals surface area contributed by atoms with Crippen molar-refractivity contribution in [3.05, 3.63) is 78.6 Å². The quantitative estimate of drug-likeness (QED) is 0.427. The molecule has 1 N–H and O–H groups in total. The fraction of sp³-hybridized carbons (Fsp3) is 0.185. The number of rotatable bonds is 3. The third kappa shape index (κ3) is 3.81. The minimum Gasteiger partial charge on any atom is -0.338 e. The largest absolute Gasteiger partial charge is 0.338 e. The molecular weight excluding hydrogens is 443 g/mol. The molecule has 1 aliphatic heterocycles. The van der Waals surface area contributed by atoms with E-state index in [2.05, 4.69) is 31.9 Å². The van der Waals surface area contributed by atoms with E-state index in [9.17, 15) is 4.79 Å². The molecule has 0 saturated carbocycles. The summed E-state index contributed by atoms with van der Waals surface area (Å²) >= 11 is 0. The third-order valence-corrected chi connectivity index (χ3v) is 6.63. The Morgan fingerprint density at radius 3 is 2.51 bits per heavy atom. The number of pyridine rings is 3. The highest BCUT2D eigenvalue weighted by atomic mass is 19.1. The summed E-state index contributed by atoms with van der Waals surface area (Å²) < 4.78 is 15.2. The minimum atomic E-state index is -0.420. The second-order valence-electron chi connectivity index (χ2n) is 8.86. The Labute approximate surface area is 201 Å². The first-order chi connectivity index (χ1) is 17.1. The van der Waals surface area contributed by atoms with E-state index in [4.69, 9.17) is 0 Å². The van der Waals surface area contributed by atoms with Crippen molar-refractivity contribution in [3.63, 3.8) is 0 Å². The van der Waals surface area contributed by atoms with Crippen molar-refractivity contribution >= 4 is 27.8 Å². The van der Waals surface area contributed by atoms with Crippen LogP contribution >= 0.6 is 0 Å². The summed E-state index contributed by atoms with van der Waals surface area (Å²) in [4.78, 5) is 33.3. The highest BCUT2D eigenvalue weighted by Gasteiger charge is 2.21. The first kappa shape index (κ1) is 21.4. The van der Waals surface area contributed by atoms with Gasteiger partial charge in [0.2, 0.25) is 0 Å². The Morgan fingerprint density at radius 1 is 0.971 bits per heavy atom. The second kappa shape index (κ2) is 8.56. The molecule has 0 bridgehead atoms. The van der Waals surface area contributed by atoms with Gasteiger partial charge in [-0.3, -0.25) is 14.8 Å². The first-order valence-electron chi connectivity index (χ1n) is 11.5. The van der Waals surface area contributed by atoms with Crippen molar-refractivity contribution in [3.8, 4) is 22.4 Å². The van der Waals surface area contributed by atoms with Crippen LogP contribution in [0.2, 0.25) is 0 Å². The molecule has 8 heteroatoms. The van der Waals surface area contributed by atoms with Gasteiger partial charge >= 0.3 is 0 Å². The molecule has 0 unspecified atom stereocenters. The number of piperazine rings is 1. The van der Waals surface area contributed by atoms with Gasteiger partial charge in [-0.25, -0.2) is 9.37 Å². The third-order valence-electron chi connectivity index (χ3n) is 6.63. The van der Waals surface area contributed by atoms with E-state index in [0.29, 0.717) is 40.8 Å². The molecule has 5 aromatic rings. The number of halogens is 1. The summed E-state index contributed by atoms with van der Waals surface area (Å²) in [5.74, 6) is -0.416. The molecule has 35 heavy (non-hydrogen) atoms. The van der Waals surface area contributed by atoms with Gasteiger partial charge in [-0.1, -0.05) is 12.1 Å². The topological polar surface area (TPSA) is 78.0 Å². The fourth-order valence-corrected chi connectivity index (χ4v) is 4.66. The smallest absolute Gasteiger partial charge is 0.253 e. The highest BCUT2D eigenvalue weighted by molar-refractivity contribution is 6.13. The van der Waals surface area contributed by atoms with Gasteiger partial charge in [0.15, 0.2) is 0 Å². The Hall–Kier alpha value is -4.17. The van der Waals surface area contributed by atoms with Gasteiger partial charge in [-0.2, -0.15) is 0 Å². The molecular formula is C27H23FN6O. The summed E-state index contributed by atoms with van der Waals surface area (Å²) in [7, 11) is 2.06. The molecule has 1 saturated heterocycles. The molecule has 1 amide bonds. The average Bonchev–Trinajstić information content (AvgIpc) is 3.27. The molecule has 1 fully saturated rings. The number of carbonyl (C=O) groups excluding carboxylic acids is 1. The van der Waals surface area contributed by atoms with Gasteiger partial charge < -0.3 is 14.8 Å². The monoisotopic (exact) mass is 466 g/mol. The molecule has 6 rings (SSSR count). The van der Waals surface area contributed by atoms with Crippen LogP contribution in [0.25, 0.3) is 44.3 Å². The molecule has 0 aliphatic carbocycles. The van der Waals surface area contributed by atoms with Gasteiger partial charge in [0, 0.05) is 66.0 Å². The summed E-state index contributed by atoms with van der Waals surface area (Å²) in [6.45, 7) is 3.14. The first-order valence-corrected chi connectivity index (χ1v) is 11.5. The van der Waals surface area contributed by atoms with Crippen LogP contribution in [0.5, 0.6) is 0 Å². The van der Waals surface area contributed by atoms with E-state index in [0.717, 1.165) is 35.2 Å². The van der Waals surface area contributed by atoms with Crippen LogP contribution in [0.1, 0.15) is 10.4 Å². The molecule has 5 heterocycles. The normalized spacial score (nSPS) is 14.6. The molecule has 174 valence electrons. The maximum atomic E-state index is 15.2. The molecule has 0 radical (unpaired) electrons. The lowest BCUT2D eigenvalue weighted by molar-refractivity contribution is 0.0664. The van der Waals surface area contributed by atoms with Crippen LogP contribution < -0.4 is 0 Å². The highest BCUT2D eigenvalue weighted by Crippen LogP contribution is 2.36. The molecule has 7 nitrogen and oxygen atoms in total. The number of amides is 1. The number of nitrogens with zero attached hydrogens (tertiary/aromatic N) is 5. The van der Waals surface area contributed by atoms with Gasteiger partial charge in [-0.05, 0) is 42.9 Å². The van der Waals surface area contributed by atoms with Crippen molar-refractivity contribution in [2.24, 2.45) is 0 Å². The Morgan fingerprint density at radius 2 is 1.77 bits per heavy atom. The van der Waals surface area contributed by atoms with Gasteiger partial charge in [0.05, 0.1) is 23.6 Å². The lowest BCUT2D eigenvalue weighted by Gasteiger charge is -2.32. The summed E-state index contributed by atoms with van der Waals surface area (Å²) in [5.41, 5.74) is 4.71. The van der Waals surface area contributed by atoms with Crippen molar-refractivity contribution in [1.29, 1.82) is 0 Å². The predicted octanol–water partition coefficient (Wildman–Crippen LogP) is 4.37. The predicted molar refractivity (Wildman–Crippen MR) is 133 cm³/mol. The summed E-state index contributed by atoms with van der Waals surface area (Å²) in [6.07, 6.45) is 6.42. The van der Waals surface area contributed by atoms with E-state index < -0.39 is 5.82 Å². The maximum Gasteiger partial charge on any atom is 0.253 e. The number of H-pyrrole nitrogens is 1. The number of fused-ring (bicyclic) bond motifs is 3. The number of carbonyl (C=O) groups is 1. The van der Waals surface area contributed by atoms with E-state index in [-0.39, 0.29) is 5.91 Å². The van der Waals surface area contributed by atoms with Crippen LogP contribution in [0.3, 0.4) is 0 Å². The second-order valence-corrected chi connectivity index (χ2v) is 8.86. The molecule has 1 aromatic carbocycles. The SMILES string of the molecule is CN1CCN(C(=O)c2ccc(-c3c(F)cnc4[nH]c5cnc(-c6cccnc6)cc5c34)cc2)CC1. The van der Waals surface area contributed by atoms with Crippen LogP contribution in [-0.4, -0.2) is 68.9 Å². The van der Waals surface area contributed by atoms with Gasteiger partial charge in [0.1, 0.15) is 11.5 Å². The van der Waals surface area contributed by atoms with E-state index in [1.54, 1.807) is 30.7 Å². The zero-order chi connectivity index (χ0) is 23.9. The van der Waals surface area contributed by atoms with Crippen molar-refractivity contribution in [1.82, 2.24) is 29.7 Å². The van der Waals surface area contributed by atoms with E-state index in [1.165, 1.54) is 6.20 Å². The van der Waals surface area contributed by atoms with Crippen molar-refractivity contribution in [2.75, 3.05) is 33.2 Å². The lowest BCUT2D eigenvalue weighted by Crippen LogP contribution is -2.47. The number of aromatic nitrogens is 4. The maximum absolute atomic E-state index is 15.2. The number of benzene rings is 1. The Bertz CT molecular complexity index is 1540. The van der Waals surface area contributed by atoms with Gasteiger partial charge in [0.25, 0.3) is 5.91 Å². The molecule has 0 atom stereocenters. The molecule has 1 aliphatic rings. The van der Waals surface area contributed by atoms with Crippen molar-refractivity contribution < 1.29 is 9.18 Å². The van der Waals surface area contributed by atoms with E-state index in [1.807, 2.05) is 35.2 Å². The zero-order valence-corrected chi connectivity index (χ0v) is 19.2. The van der Waals surface area contributed by atoms with Crippen LogP contribution in [0.4, 0.5) is 4.39 Å². The molecule has 4 aromatic heterocycles. The van der Waals surface area contributed by atoms with Gasteiger partial charge in [-0.15, -0.1) is 0 Å². The van der Waals surface area contributed by atoms with Crippen LogP contribution in [-0.2, 0) is 0 Å². The number of likely N-dealkylation sites (N-methyl/N-ethyl adjacent to an activating group) is 1. The summed E-state index contributed by atoms with van der Waals surface area (Å²) in [6, 6.07) is 12.9. The Kier molecular flexibility index (Phi) is 5.22. The number of nitrogens with one attached hydrogen (secondary N) is 1. The van der Waals surface area contributed by atoms with Crippen LogP contribution in [0, 0.1) is 5.82 Å². The minimum absolute atomic E-state index is 0.00396.